The third-order valence-corrected chi connectivity index (χ3v) is 5.14. The number of amides is 1. The van der Waals surface area contributed by atoms with Crippen LogP contribution in [0.25, 0.3) is 16.9 Å². The summed E-state index contributed by atoms with van der Waals surface area (Å²) in [6.45, 7) is 2.81. The average Bonchev–Trinajstić information content (AvgIpc) is 3.44. The van der Waals surface area contributed by atoms with Crippen molar-refractivity contribution in [2.45, 2.75) is 26.2 Å². The first-order valence-electron chi connectivity index (χ1n) is 10.1. The molecule has 8 nitrogen and oxygen atoms in total. The van der Waals surface area contributed by atoms with Gasteiger partial charge in [-0.25, -0.2) is 9.50 Å². The summed E-state index contributed by atoms with van der Waals surface area (Å²) >= 11 is 0. The highest BCUT2D eigenvalue weighted by molar-refractivity contribution is 5.99. The van der Waals surface area contributed by atoms with E-state index in [4.69, 9.17) is 4.74 Å². The fourth-order valence-electron chi connectivity index (χ4n) is 3.41. The van der Waals surface area contributed by atoms with Crippen molar-refractivity contribution in [3.05, 3.63) is 65.7 Å². The lowest BCUT2D eigenvalue weighted by Gasteiger charge is -2.16. The Morgan fingerprint density at radius 3 is 2.52 bits per heavy atom. The zero-order chi connectivity index (χ0) is 23.8. The Bertz CT molecular complexity index is 1290. The molecule has 0 N–H and O–H groups in total. The Hall–Kier alpha value is -3.89. The Morgan fingerprint density at radius 2 is 1.91 bits per heavy atom. The highest BCUT2D eigenvalue weighted by atomic mass is 19.4. The van der Waals surface area contributed by atoms with Gasteiger partial charge < -0.3 is 9.64 Å². The van der Waals surface area contributed by atoms with Gasteiger partial charge in [-0.15, -0.1) is 0 Å². The van der Waals surface area contributed by atoms with Crippen molar-refractivity contribution in [2.24, 2.45) is 0 Å². The summed E-state index contributed by atoms with van der Waals surface area (Å²) in [6, 6.07) is 9.15. The predicted molar refractivity (Wildman–Crippen MR) is 114 cm³/mol. The number of carbonyl (C=O) groups excluding carboxylic acids is 1. The maximum atomic E-state index is 13.8. The number of methoxy groups -OCH3 is 1. The Morgan fingerprint density at radius 1 is 1.18 bits per heavy atom. The molecule has 0 bridgehead atoms. The zero-order valence-corrected chi connectivity index (χ0v) is 18.2. The Kier molecular flexibility index (Phi) is 5.79. The predicted octanol–water partition coefficient (Wildman–Crippen LogP) is 3.91. The lowest BCUT2D eigenvalue weighted by atomic mass is 10.1. The van der Waals surface area contributed by atoms with Crippen LogP contribution in [0.5, 0.6) is 5.75 Å². The molecule has 0 radical (unpaired) electrons. The van der Waals surface area contributed by atoms with Gasteiger partial charge in [0.15, 0.2) is 11.3 Å². The second kappa shape index (κ2) is 8.57. The molecule has 0 spiro atoms. The quantitative estimate of drug-likeness (QED) is 0.438. The van der Waals surface area contributed by atoms with Crippen molar-refractivity contribution in [3.63, 3.8) is 0 Å². The van der Waals surface area contributed by atoms with Crippen LogP contribution in [0, 0.1) is 0 Å². The second-order valence-corrected chi connectivity index (χ2v) is 7.37. The first kappa shape index (κ1) is 22.3. The standard InChI is InChI=1S/C22H21F3N6O2/c1-4-30-10-9-15(28-30)13-29(2)21(32)17-12-26-31-19(22(23,24)25)11-18(27-20(17)31)14-5-7-16(33-3)8-6-14/h5-12H,4,13H2,1-3H3. The third-order valence-electron chi connectivity index (χ3n) is 5.14. The van der Waals surface area contributed by atoms with Gasteiger partial charge in [0.05, 0.1) is 31.2 Å². The van der Waals surface area contributed by atoms with Crippen LogP contribution in [-0.2, 0) is 19.3 Å². The van der Waals surface area contributed by atoms with E-state index in [1.807, 2.05) is 6.92 Å². The molecule has 172 valence electrons. The maximum absolute atomic E-state index is 13.8. The van der Waals surface area contributed by atoms with Crippen LogP contribution in [0.4, 0.5) is 13.2 Å². The third kappa shape index (κ3) is 4.38. The van der Waals surface area contributed by atoms with Crippen molar-refractivity contribution in [2.75, 3.05) is 14.2 Å². The van der Waals surface area contributed by atoms with E-state index in [-0.39, 0.29) is 23.4 Å². The first-order chi connectivity index (χ1) is 15.7. The lowest BCUT2D eigenvalue weighted by molar-refractivity contribution is -0.142. The summed E-state index contributed by atoms with van der Waals surface area (Å²) in [4.78, 5) is 18.8. The molecule has 0 unspecified atom stereocenters. The van der Waals surface area contributed by atoms with E-state index in [0.29, 0.717) is 28.1 Å². The van der Waals surface area contributed by atoms with Crippen molar-refractivity contribution in [1.29, 1.82) is 0 Å². The van der Waals surface area contributed by atoms with Gasteiger partial charge in [-0.2, -0.15) is 23.4 Å². The molecule has 0 saturated heterocycles. The molecule has 0 aliphatic rings. The van der Waals surface area contributed by atoms with Gasteiger partial charge >= 0.3 is 6.18 Å². The molecule has 3 heterocycles. The van der Waals surface area contributed by atoms with Gasteiger partial charge in [-0.3, -0.25) is 9.48 Å². The van der Waals surface area contributed by atoms with E-state index in [2.05, 4.69) is 15.2 Å². The van der Waals surface area contributed by atoms with E-state index < -0.39 is 17.8 Å². The normalized spacial score (nSPS) is 11.7. The summed E-state index contributed by atoms with van der Waals surface area (Å²) < 4.78 is 48.9. The maximum Gasteiger partial charge on any atom is 0.433 e. The molecule has 3 aromatic heterocycles. The molecule has 33 heavy (non-hydrogen) atoms. The number of aryl methyl sites for hydroxylation is 1. The molecule has 1 aromatic carbocycles. The largest absolute Gasteiger partial charge is 0.497 e. The van der Waals surface area contributed by atoms with E-state index >= 15 is 0 Å². The Balaban J connectivity index is 1.76. The summed E-state index contributed by atoms with van der Waals surface area (Å²) in [6.07, 6.45) is -1.80. The number of ether oxygens (including phenoxy) is 1. The van der Waals surface area contributed by atoms with Gasteiger partial charge in [0.1, 0.15) is 11.3 Å². The van der Waals surface area contributed by atoms with E-state index in [1.54, 1.807) is 48.3 Å². The number of hydrogen-bond acceptors (Lipinski definition) is 5. The van der Waals surface area contributed by atoms with Crippen LogP contribution < -0.4 is 4.74 Å². The van der Waals surface area contributed by atoms with Crippen LogP contribution >= 0.6 is 0 Å². The number of nitrogens with zero attached hydrogens (tertiary/aromatic N) is 6. The van der Waals surface area contributed by atoms with Crippen LogP contribution in [0.3, 0.4) is 0 Å². The van der Waals surface area contributed by atoms with E-state index in [1.165, 1.54) is 12.0 Å². The molecule has 0 aliphatic heterocycles. The number of rotatable bonds is 6. The van der Waals surface area contributed by atoms with Crippen molar-refractivity contribution in [1.82, 2.24) is 29.3 Å². The van der Waals surface area contributed by atoms with Crippen molar-refractivity contribution >= 4 is 11.6 Å². The van der Waals surface area contributed by atoms with Crippen LogP contribution in [0.1, 0.15) is 28.7 Å². The monoisotopic (exact) mass is 458 g/mol. The SMILES string of the molecule is CCn1ccc(CN(C)C(=O)c2cnn3c(C(F)(F)F)cc(-c4ccc(OC)cc4)nc23)n1. The molecule has 0 saturated carbocycles. The lowest BCUT2D eigenvalue weighted by Crippen LogP contribution is -2.26. The van der Waals surface area contributed by atoms with Gasteiger partial charge in [0, 0.05) is 25.4 Å². The molecule has 1 amide bonds. The first-order valence-corrected chi connectivity index (χ1v) is 10.1. The second-order valence-electron chi connectivity index (χ2n) is 7.37. The zero-order valence-electron chi connectivity index (χ0n) is 18.2. The summed E-state index contributed by atoms with van der Waals surface area (Å²) in [7, 11) is 3.04. The highest BCUT2D eigenvalue weighted by Crippen LogP contribution is 2.33. The van der Waals surface area contributed by atoms with Crippen molar-refractivity contribution < 1.29 is 22.7 Å². The van der Waals surface area contributed by atoms with Crippen LogP contribution in [0.2, 0.25) is 0 Å². The number of benzene rings is 1. The van der Waals surface area contributed by atoms with Gasteiger partial charge in [0.25, 0.3) is 5.91 Å². The van der Waals surface area contributed by atoms with Crippen LogP contribution in [-0.4, -0.2) is 49.3 Å². The summed E-state index contributed by atoms with van der Waals surface area (Å²) in [5.41, 5.74) is -0.0631. The van der Waals surface area contributed by atoms with Crippen molar-refractivity contribution in [3.8, 4) is 17.0 Å². The number of fused-ring (bicyclic) bond motifs is 1. The minimum Gasteiger partial charge on any atom is -0.497 e. The number of carbonyl (C=O) groups is 1. The molecular formula is C22H21F3N6O2. The Labute approximate surface area is 187 Å². The minimum atomic E-state index is -4.70. The fourth-order valence-corrected chi connectivity index (χ4v) is 3.41. The molecule has 11 heteroatoms. The molecule has 4 aromatic rings. The fraction of sp³-hybridized carbons (Fsp3) is 0.273. The van der Waals surface area contributed by atoms with Gasteiger partial charge in [-0.1, -0.05) is 0 Å². The number of alkyl halides is 3. The van der Waals surface area contributed by atoms with Crippen LogP contribution in [0.15, 0.2) is 48.8 Å². The molecule has 4 rings (SSSR count). The topological polar surface area (TPSA) is 77.6 Å². The molecule has 0 aliphatic carbocycles. The smallest absolute Gasteiger partial charge is 0.433 e. The molecular weight excluding hydrogens is 437 g/mol. The van der Waals surface area contributed by atoms with E-state index in [0.717, 1.165) is 12.3 Å². The average molecular weight is 458 g/mol. The van der Waals surface area contributed by atoms with E-state index in [9.17, 15) is 18.0 Å². The highest BCUT2D eigenvalue weighted by Gasteiger charge is 2.36. The summed E-state index contributed by atoms with van der Waals surface area (Å²) in [5.74, 6) is 0.0480. The number of halogens is 3. The summed E-state index contributed by atoms with van der Waals surface area (Å²) in [5, 5.41) is 8.16. The number of hydrogen-bond donors (Lipinski definition) is 0. The molecule has 0 fully saturated rings. The number of aromatic nitrogens is 5. The minimum absolute atomic E-state index is 0.0340. The van der Waals surface area contributed by atoms with Gasteiger partial charge in [0.2, 0.25) is 0 Å². The van der Waals surface area contributed by atoms with Gasteiger partial charge in [-0.05, 0) is 43.3 Å². The molecule has 0 atom stereocenters.